The number of hydrogen-bond acceptors (Lipinski definition) is 8. The van der Waals surface area contributed by atoms with Crippen LogP contribution in [0.3, 0.4) is 0 Å². The van der Waals surface area contributed by atoms with Gasteiger partial charge in [-0.25, -0.2) is 18.4 Å². The third-order valence-electron chi connectivity index (χ3n) is 8.78. The number of anilines is 1. The molecule has 1 fully saturated rings. The average Bonchev–Trinajstić information content (AvgIpc) is 3.74. The Morgan fingerprint density at radius 2 is 1.87 bits per heavy atom. The highest BCUT2D eigenvalue weighted by Gasteiger charge is 2.50. The Morgan fingerprint density at radius 3 is 2.58 bits per heavy atom. The van der Waals surface area contributed by atoms with Gasteiger partial charge in [0.15, 0.2) is 0 Å². The predicted octanol–water partition coefficient (Wildman–Crippen LogP) is 4.77. The molecule has 1 spiro atoms. The van der Waals surface area contributed by atoms with Gasteiger partial charge >= 0.3 is 0 Å². The quantitative estimate of drug-likeness (QED) is 0.244. The summed E-state index contributed by atoms with van der Waals surface area (Å²) in [6, 6.07) is 18.3. The first kappa shape index (κ1) is 31.1. The van der Waals surface area contributed by atoms with Crippen LogP contribution in [0.4, 0.5) is 5.69 Å². The number of aromatic nitrogens is 2. The van der Waals surface area contributed by atoms with Crippen LogP contribution in [0.5, 0.6) is 5.88 Å². The Kier molecular flexibility index (Phi) is 8.64. The summed E-state index contributed by atoms with van der Waals surface area (Å²) in [4.78, 5) is 39.8. The molecule has 2 aromatic carbocycles. The summed E-state index contributed by atoms with van der Waals surface area (Å²) in [5, 5.41) is 0.640. The van der Waals surface area contributed by atoms with Crippen molar-refractivity contribution in [3.63, 3.8) is 0 Å². The number of sulfonamides is 1. The maximum atomic E-state index is 14.2. The van der Waals surface area contributed by atoms with Crippen molar-refractivity contribution >= 4 is 49.2 Å². The first-order valence-electron chi connectivity index (χ1n) is 15.2. The maximum absolute atomic E-state index is 14.2. The zero-order valence-corrected chi connectivity index (χ0v) is 27.4. The van der Waals surface area contributed by atoms with Gasteiger partial charge in [-0.3, -0.25) is 9.59 Å². The summed E-state index contributed by atoms with van der Waals surface area (Å²) in [7, 11) is -2.30. The third kappa shape index (κ3) is 6.06. The molecule has 10 nitrogen and oxygen atoms in total. The van der Waals surface area contributed by atoms with Crippen molar-refractivity contribution < 1.29 is 22.7 Å². The van der Waals surface area contributed by atoms with E-state index in [-0.39, 0.29) is 29.7 Å². The Labute approximate surface area is 267 Å². The Bertz CT molecular complexity index is 1840. The van der Waals surface area contributed by atoms with Crippen LogP contribution in [0, 0.1) is 0 Å². The zero-order valence-electron chi connectivity index (χ0n) is 25.7. The second-order valence-electron chi connectivity index (χ2n) is 11.8. The molecule has 4 aromatic rings. The summed E-state index contributed by atoms with van der Waals surface area (Å²) in [5.41, 5.74) is 2.55. The summed E-state index contributed by atoms with van der Waals surface area (Å²) >= 11 is 1.35. The standard InChI is InChI=1S/C33H37N5O5S2/c1-4-5-16-37(20-24-9-7-6-8-10-24)45(41,42)25-11-13-28-26(18-25)33(15-17-36(21-33)23(2)39)22-38(28)31(40)19-30-34-27-12-14-29(43-3)35-32(27)44-30/h6-14,18H,4-5,15-17,19-22H2,1-3H3. The van der Waals surface area contributed by atoms with Gasteiger partial charge in [0.05, 0.1) is 18.4 Å². The SMILES string of the molecule is CCCCN(Cc1ccccc1)S(=O)(=O)c1ccc2c(c1)C1(CCN(C(C)=O)C1)CN2C(=O)Cc1nc2ccc(OC)nc2s1. The Morgan fingerprint density at radius 1 is 1.07 bits per heavy atom. The number of methoxy groups -OCH3 is 1. The van der Waals surface area contributed by atoms with Crippen molar-refractivity contribution in [1.82, 2.24) is 19.2 Å². The van der Waals surface area contributed by atoms with Crippen LogP contribution in [-0.2, 0) is 38.0 Å². The molecule has 2 aliphatic rings. The molecule has 12 heteroatoms. The molecule has 0 aliphatic carbocycles. The summed E-state index contributed by atoms with van der Waals surface area (Å²) in [6.07, 6.45) is 2.33. The fourth-order valence-electron chi connectivity index (χ4n) is 6.34. The molecule has 0 N–H and O–H groups in total. The number of carbonyl (C=O) groups excluding carboxylic acids is 2. The van der Waals surface area contributed by atoms with E-state index in [4.69, 9.17) is 4.74 Å². The fraction of sp³-hybridized carbons (Fsp3) is 0.394. The molecule has 0 saturated carbocycles. The van der Waals surface area contributed by atoms with E-state index in [0.29, 0.717) is 59.5 Å². The van der Waals surface area contributed by atoms with Gasteiger partial charge in [0.2, 0.25) is 27.7 Å². The highest BCUT2D eigenvalue weighted by atomic mass is 32.2. The topological polar surface area (TPSA) is 113 Å². The smallest absolute Gasteiger partial charge is 0.243 e. The van der Waals surface area contributed by atoms with Crippen molar-refractivity contribution in [2.45, 2.75) is 56.4 Å². The van der Waals surface area contributed by atoms with E-state index in [1.165, 1.54) is 11.3 Å². The third-order valence-corrected chi connectivity index (χ3v) is 11.6. The van der Waals surface area contributed by atoms with Crippen LogP contribution in [-0.4, -0.2) is 72.7 Å². The van der Waals surface area contributed by atoms with Gasteiger partial charge < -0.3 is 14.5 Å². The number of carbonyl (C=O) groups is 2. The van der Waals surface area contributed by atoms with Gasteiger partial charge in [-0.1, -0.05) is 55.0 Å². The van der Waals surface area contributed by atoms with Gasteiger partial charge in [0.25, 0.3) is 0 Å². The van der Waals surface area contributed by atoms with Crippen molar-refractivity contribution in [2.24, 2.45) is 0 Å². The molecule has 45 heavy (non-hydrogen) atoms. The van der Waals surface area contributed by atoms with Crippen molar-refractivity contribution in [3.8, 4) is 5.88 Å². The lowest BCUT2D eigenvalue weighted by atomic mass is 9.81. The molecule has 1 unspecified atom stereocenters. The molecule has 0 radical (unpaired) electrons. The van der Waals surface area contributed by atoms with Gasteiger partial charge in [0.1, 0.15) is 15.4 Å². The largest absolute Gasteiger partial charge is 0.481 e. The summed E-state index contributed by atoms with van der Waals surface area (Å²) < 4.78 is 35.1. The number of benzene rings is 2. The van der Waals surface area contributed by atoms with E-state index in [1.807, 2.05) is 43.3 Å². The second-order valence-corrected chi connectivity index (χ2v) is 14.8. The summed E-state index contributed by atoms with van der Waals surface area (Å²) in [6.45, 7) is 5.62. The van der Waals surface area contributed by atoms with E-state index in [9.17, 15) is 18.0 Å². The monoisotopic (exact) mass is 647 g/mol. The molecular formula is C33H37N5O5S2. The number of pyridine rings is 1. The normalized spacial score (nSPS) is 17.9. The molecule has 2 amide bonds. The molecule has 236 valence electrons. The van der Waals surface area contributed by atoms with E-state index in [2.05, 4.69) is 9.97 Å². The highest BCUT2D eigenvalue weighted by Crippen LogP contribution is 2.47. The van der Waals surface area contributed by atoms with E-state index < -0.39 is 15.4 Å². The minimum Gasteiger partial charge on any atom is -0.481 e. The fourth-order valence-corrected chi connectivity index (χ4v) is 8.75. The molecule has 4 heterocycles. The number of amides is 2. The molecule has 2 aromatic heterocycles. The predicted molar refractivity (Wildman–Crippen MR) is 174 cm³/mol. The number of ether oxygens (including phenoxy) is 1. The highest BCUT2D eigenvalue weighted by molar-refractivity contribution is 7.89. The van der Waals surface area contributed by atoms with Crippen LogP contribution in [0.1, 0.15) is 49.2 Å². The molecule has 1 atom stereocenters. The van der Waals surface area contributed by atoms with Crippen molar-refractivity contribution in [3.05, 3.63) is 76.8 Å². The lowest BCUT2D eigenvalue weighted by Crippen LogP contribution is -2.40. The van der Waals surface area contributed by atoms with Crippen LogP contribution < -0.4 is 9.64 Å². The van der Waals surface area contributed by atoms with Crippen LogP contribution in [0.25, 0.3) is 10.3 Å². The minimum atomic E-state index is -3.85. The lowest BCUT2D eigenvalue weighted by Gasteiger charge is -2.26. The maximum Gasteiger partial charge on any atom is 0.243 e. The summed E-state index contributed by atoms with van der Waals surface area (Å²) in [5.74, 6) is 0.316. The Balaban J connectivity index is 1.34. The number of rotatable bonds is 10. The second kappa shape index (κ2) is 12.5. The molecule has 6 rings (SSSR count). The van der Waals surface area contributed by atoms with Gasteiger partial charge in [-0.05, 0) is 48.2 Å². The minimum absolute atomic E-state index is 0.0343. The van der Waals surface area contributed by atoms with Crippen LogP contribution >= 0.6 is 11.3 Å². The molecular weight excluding hydrogens is 611 g/mol. The van der Waals surface area contributed by atoms with Crippen LogP contribution in [0.2, 0.25) is 0 Å². The van der Waals surface area contributed by atoms with Gasteiger partial charge in [-0.15, -0.1) is 0 Å². The van der Waals surface area contributed by atoms with Crippen LogP contribution in [0.15, 0.2) is 65.6 Å². The number of unbranched alkanes of at least 4 members (excludes halogenated alkanes) is 1. The number of hydrogen-bond donors (Lipinski definition) is 0. The molecule has 2 aliphatic heterocycles. The molecule has 0 bridgehead atoms. The Hall–Kier alpha value is -3.87. The zero-order chi connectivity index (χ0) is 31.8. The van der Waals surface area contributed by atoms with E-state index in [0.717, 1.165) is 24.0 Å². The van der Waals surface area contributed by atoms with Crippen molar-refractivity contribution in [2.75, 3.05) is 38.2 Å². The number of likely N-dealkylation sites (tertiary alicyclic amines) is 1. The number of thiazole rings is 1. The van der Waals surface area contributed by atoms with Gasteiger partial charge in [-0.2, -0.15) is 4.31 Å². The van der Waals surface area contributed by atoms with Crippen molar-refractivity contribution in [1.29, 1.82) is 0 Å². The number of nitrogens with zero attached hydrogens (tertiary/aromatic N) is 5. The first-order valence-corrected chi connectivity index (χ1v) is 17.4. The number of fused-ring (bicyclic) bond motifs is 3. The average molecular weight is 648 g/mol. The van der Waals surface area contributed by atoms with E-state index >= 15 is 0 Å². The van der Waals surface area contributed by atoms with Gasteiger partial charge in [0, 0.05) is 56.8 Å². The van der Waals surface area contributed by atoms with E-state index in [1.54, 1.807) is 52.4 Å². The lowest BCUT2D eigenvalue weighted by molar-refractivity contribution is -0.127. The molecule has 1 saturated heterocycles. The first-order chi connectivity index (χ1) is 21.6.